The third kappa shape index (κ3) is 2.95. The van der Waals surface area contributed by atoms with Gasteiger partial charge in [0.05, 0.1) is 12.1 Å². The lowest BCUT2D eigenvalue weighted by atomic mass is 9.86. The van der Waals surface area contributed by atoms with Crippen molar-refractivity contribution < 1.29 is 32.6 Å². The van der Waals surface area contributed by atoms with E-state index in [1.807, 2.05) is 0 Å². The van der Waals surface area contributed by atoms with Crippen molar-refractivity contribution in [3.63, 3.8) is 0 Å². The summed E-state index contributed by atoms with van der Waals surface area (Å²) in [4.78, 5) is 24.3. The average molecular weight is 352 g/mol. The zero-order valence-electron chi connectivity index (χ0n) is 12.0. The number of carbonyl (C=O) groups is 2. The minimum absolute atomic E-state index is 0.0783. The summed E-state index contributed by atoms with van der Waals surface area (Å²) in [5, 5.41) is 9.24. The first-order valence-electron chi connectivity index (χ1n) is 6.55. The van der Waals surface area contributed by atoms with E-state index in [0.717, 1.165) is 4.90 Å². The van der Waals surface area contributed by atoms with Crippen LogP contribution in [-0.2, 0) is 4.79 Å². The molecule has 23 heavy (non-hydrogen) atoms. The predicted octanol–water partition coefficient (Wildman–Crippen LogP) is 2.83. The van der Waals surface area contributed by atoms with Crippen molar-refractivity contribution in [2.45, 2.75) is 12.6 Å². The van der Waals surface area contributed by atoms with E-state index in [2.05, 4.69) is 0 Å². The molecule has 1 aromatic carbocycles. The van der Waals surface area contributed by atoms with Crippen LogP contribution in [0.4, 0.5) is 13.2 Å². The van der Waals surface area contributed by atoms with Crippen molar-refractivity contribution in [1.29, 1.82) is 0 Å². The summed E-state index contributed by atoms with van der Waals surface area (Å²) in [6, 6.07) is 4.04. The summed E-state index contributed by atoms with van der Waals surface area (Å²) in [5.41, 5.74) is -2.85. The normalized spacial score (nSPS) is 21.3. The van der Waals surface area contributed by atoms with Crippen molar-refractivity contribution in [2.24, 2.45) is 5.41 Å². The fourth-order valence-corrected chi connectivity index (χ4v) is 2.68. The Hall–Kier alpha value is -1.96. The maximum atomic E-state index is 13.1. The molecule has 1 aliphatic heterocycles. The molecular formula is C14H13ClF3NO4. The smallest absolute Gasteiger partial charge is 0.406 e. The maximum Gasteiger partial charge on any atom is 0.406 e. The molecular weight excluding hydrogens is 339 g/mol. The monoisotopic (exact) mass is 351 g/mol. The average Bonchev–Trinajstić information content (AvgIpc) is 2.93. The Morgan fingerprint density at radius 3 is 2.52 bits per heavy atom. The number of ether oxygens (including phenoxy) is 1. The molecule has 2 rings (SSSR count). The quantitative estimate of drug-likeness (QED) is 0.909. The molecule has 1 aliphatic rings. The third-order valence-electron chi connectivity index (χ3n) is 3.91. The number of methoxy groups -OCH3 is 1. The summed E-state index contributed by atoms with van der Waals surface area (Å²) in [7, 11) is 1.34. The molecule has 0 aliphatic carbocycles. The highest BCUT2D eigenvalue weighted by atomic mass is 35.5. The largest absolute Gasteiger partial charge is 0.495 e. The second-order valence-corrected chi connectivity index (χ2v) is 5.62. The zero-order valence-corrected chi connectivity index (χ0v) is 12.7. The summed E-state index contributed by atoms with van der Waals surface area (Å²) < 4.78 is 44.3. The highest BCUT2D eigenvalue weighted by molar-refractivity contribution is 6.32. The number of alkyl halides is 3. The number of benzene rings is 1. The van der Waals surface area contributed by atoms with Crippen LogP contribution < -0.4 is 4.74 Å². The highest BCUT2D eigenvalue weighted by Gasteiger charge is 2.64. The minimum atomic E-state index is -4.94. The molecule has 126 valence electrons. The van der Waals surface area contributed by atoms with Gasteiger partial charge in [-0.1, -0.05) is 11.6 Å². The fraction of sp³-hybridized carbons (Fsp3) is 0.429. The van der Waals surface area contributed by atoms with E-state index in [4.69, 9.17) is 21.4 Å². The van der Waals surface area contributed by atoms with Gasteiger partial charge < -0.3 is 14.7 Å². The molecule has 1 amide bonds. The van der Waals surface area contributed by atoms with E-state index in [1.165, 1.54) is 25.3 Å². The Kier molecular flexibility index (Phi) is 4.48. The first-order valence-corrected chi connectivity index (χ1v) is 6.93. The molecule has 9 heteroatoms. The van der Waals surface area contributed by atoms with Crippen LogP contribution in [0.3, 0.4) is 0 Å². The van der Waals surface area contributed by atoms with Crippen LogP contribution in [-0.4, -0.2) is 48.3 Å². The molecule has 0 spiro atoms. The molecule has 5 nitrogen and oxygen atoms in total. The van der Waals surface area contributed by atoms with E-state index in [0.29, 0.717) is 0 Å². The first-order chi connectivity index (χ1) is 10.6. The van der Waals surface area contributed by atoms with Crippen molar-refractivity contribution in [1.82, 2.24) is 4.90 Å². The molecule has 1 N–H and O–H groups in total. The van der Waals surface area contributed by atoms with Gasteiger partial charge in [-0.25, -0.2) is 0 Å². The van der Waals surface area contributed by atoms with Gasteiger partial charge in [-0.15, -0.1) is 0 Å². The van der Waals surface area contributed by atoms with Crippen LogP contribution in [0.25, 0.3) is 0 Å². The van der Waals surface area contributed by atoms with Crippen LogP contribution in [0.5, 0.6) is 5.75 Å². The number of rotatable bonds is 3. The number of halogens is 4. The number of carboxylic acid groups (broad SMARTS) is 1. The molecule has 0 radical (unpaired) electrons. The Bertz CT molecular complexity index is 649. The molecule has 1 aromatic rings. The van der Waals surface area contributed by atoms with Gasteiger partial charge in [0, 0.05) is 18.7 Å². The number of hydrogen-bond acceptors (Lipinski definition) is 3. The van der Waals surface area contributed by atoms with E-state index in [9.17, 15) is 22.8 Å². The van der Waals surface area contributed by atoms with Crippen molar-refractivity contribution >= 4 is 23.5 Å². The topological polar surface area (TPSA) is 66.8 Å². The second-order valence-electron chi connectivity index (χ2n) is 5.21. The van der Waals surface area contributed by atoms with Crippen molar-refractivity contribution in [3.8, 4) is 5.75 Å². The molecule has 1 saturated heterocycles. The molecule has 0 bridgehead atoms. The van der Waals surface area contributed by atoms with E-state index in [-0.39, 0.29) is 22.9 Å². The zero-order chi connectivity index (χ0) is 17.4. The SMILES string of the molecule is COc1cc(C(=O)N2CCC(C(=O)O)(C(F)(F)F)C2)ccc1Cl. The van der Waals surface area contributed by atoms with Gasteiger partial charge in [-0.2, -0.15) is 13.2 Å². The fourth-order valence-electron chi connectivity index (χ4n) is 2.49. The Labute approximate surface area is 134 Å². The van der Waals surface area contributed by atoms with Crippen LogP contribution in [0.1, 0.15) is 16.8 Å². The van der Waals surface area contributed by atoms with Crippen molar-refractivity contribution in [2.75, 3.05) is 20.2 Å². The Balaban J connectivity index is 2.28. The van der Waals surface area contributed by atoms with Gasteiger partial charge in [0.15, 0.2) is 5.41 Å². The lowest BCUT2D eigenvalue weighted by Crippen LogP contribution is -2.47. The van der Waals surface area contributed by atoms with Crippen LogP contribution in [0, 0.1) is 5.41 Å². The van der Waals surface area contributed by atoms with Crippen molar-refractivity contribution in [3.05, 3.63) is 28.8 Å². The summed E-state index contributed by atoms with van der Waals surface area (Å²) in [5.74, 6) is -2.47. The molecule has 0 aromatic heterocycles. The number of amides is 1. The summed E-state index contributed by atoms with van der Waals surface area (Å²) >= 11 is 5.83. The second kappa shape index (κ2) is 5.92. The van der Waals surface area contributed by atoms with Gasteiger partial charge >= 0.3 is 12.1 Å². The molecule has 1 atom stereocenters. The number of nitrogens with zero attached hydrogens (tertiary/aromatic N) is 1. The number of aliphatic carboxylic acids is 1. The first kappa shape index (κ1) is 17.4. The third-order valence-corrected chi connectivity index (χ3v) is 4.22. The Morgan fingerprint density at radius 1 is 1.39 bits per heavy atom. The van der Waals surface area contributed by atoms with Gasteiger partial charge in [0.1, 0.15) is 5.75 Å². The van der Waals surface area contributed by atoms with Gasteiger partial charge in [-0.3, -0.25) is 9.59 Å². The van der Waals surface area contributed by atoms with E-state index in [1.54, 1.807) is 0 Å². The lowest BCUT2D eigenvalue weighted by molar-refractivity contribution is -0.227. The van der Waals surface area contributed by atoms with Crippen LogP contribution >= 0.6 is 11.6 Å². The number of carboxylic acids is 1. The maximum absolute atomic E-state index is 13.1. The predicted molar refractivity (Wildman–Crippen MR) is 74.6 cm³/mol. The molecule has 1 unspecified atom stereocenters. The summed E-state index contributed by atoms with van der Waals surface area (Å²) in [6.45, 7) is -1.22. The molecule has 1 heterocycles. The Morgan fingerprint density at radius 2 is 2.04 bits per heavy atom. The number of hydrogen-bond donors (Lipinski definition) is 1. The van der Waals surface area contributed by atoms with Gasteiger partial charge in [0.2, 0.25) is 0 Å². The summed E-state index contributed by atoms with van der Waals surface area (Å²) in [6.07, 6.45) is -5.62. The van der Waals surface area contributed by atoms with E-state index < -0.39 is 36.4 Å². The standard InChI is InChI=1S/C14H13ClF3NO4/c1-23-10-6-8(2-3-9(10)15)11(20)19-5-4-13(7-19,12(21)22)14(16,17)18/h2-3,6H,4-5,7H2,1H3,(H,21,22). The van der Waals surface area contributed by atoms with Gasteiger partial charge in [-0.05, 0) is 24.6 Å². The van der Waals surface area contributed by atoms with Crippen LogP contribution in [0.2, 0.25) is 5.02 Å². The molecule has 1 fully saturated rings. The number of carbonyl (C=O) groups excluding carboxylic acids is 1. The number of likely N-dealkylation sites (tertiary alicyclic amines) is 1. The van der Waals surface area contributed by atoms with E-state index >= 15 is 0 Å². The van der Waals surface area contributed by atoms with Crippen LogP contribution in [0.15, 0.2) is 18.2 Å². The highest BCUT2D eigenvalue weighted by Crippen LogP contribution is 2.46. The minimum Gasteiger partial charge on any atom is -0.495 e. The lowest BCUT2D eigenvalue weighted by Gasteiger charge is -2.27. The molecule has 0 saturated carbocycles. The van der Waals surface area contributed by atoms with Gasteiger partial charge in [0.25, 0.3) is 5.91 Å².